The Labute approximate surface area is 85.0 Å². The fraction of sp³-hybridized carbons (Fsp3) is 0.500. The van der Waals surface area contributed by atoms with Crippen molar-refractivity contribution in [1.29, 1.82) is 0 Å². The number of anilines is 1. The van der Waals surface area contributed by atoms with Crippen LogP contribution in [0.2, 0.25) is 0 Å². The second kappa shape index (κ2) is 3.28. The Kier molecular flexibility index (Phi) is 2.23. The molecule has 0 fully saturated rings. The molecular formula is C12H17NO. The van der Waals surface area contributed by atoms with Crippen LogP contribution in [-0.4, -0.2) is 17.3 Å². The number of nitrogens with one attached hydrogen (secondary N) is 1. The molecule has 1 aromatic carbocycles. The van der Waals surface area contributed by atoms with Crippen LogP contribution in [0.5, 0.6) is 0 Å². The molecule has 0 aliphatic carbocycles. The molecule has 2 rings (SSSR count). The van der Waals surface area contributed by atoms with Gasteiger partial charge in [-0.1, -0.05) is 12.1 Å². The van der Waals surface area contributed by atoms with Gasteiger partial charge in [0.1, 0.15) is 0 Å². The lowest BCUT2D eigenvalue weighted by atomic mass is 9.97. The van der Waals surface area contributed by atoms with Gasteiger partial charge in [0.15, 0.2) is 0 Å². The predicted molar refractivity (Wildman–Crippen MR) is 58.6 cm³/mol. The third-order valence-electron chi connectivity index (χ3n) is 2.52. The third kappa shape index (κ3) is 2.07. The Morgan fingerprint density at radius 3 is 2.93 bits per heavy atom. The zero-order chi connectivity index (χ0) is 10.2. The topological polar surface area (TPSA) is 32.3 Å². The van der Waals surface area contributed by atoms with Crippen molar-refractivity contribution in [2.24, 2.45) is 0 Å². The number of rotatable bonds is 2. The molecule has 0 aromatic heterocycles. The van der Waals surface area contributed by atoms with Crippen molar-refractivity contribution in [3.63, 3.8) is 0 Å². The maximum atomic E-state index is 9.70. The number of benzene rings is 1. The third-order valence-corrected chi connectivity index (χ3v) is 2.52. The van der Waals surface area contributed by atoms with Crippen molar-refractivity contribution in [2.75, 3.05) is 11.9 Å². The summed E-state index contributed by atoms with van der Waals surface area (Å²) in [7, 11) is 0. The van der Waals surface area contributed by atoms with E-state index in [1.807, 2.05) is 13.8 Å². The summed E-state index contributed by atoms with van der Waals surface area (Å²) < 4.78 is 0. The molecule has 1 aliphatic rings. The molecule has 2 N–H and O–H groups in total. The summed E-state index contributed by atoms with van der Waals surface area (Å²) in [6.07, 6.45) is 1.83. The Morgan fingerprint density at radius 2 is 2.21 bits per heavy atom. The first kappa shape index (κ1) is 9.53. The van der Waals surface area contributed by atoms with Gasteiger partial charge in [-0.25, -0.2) is 0 Å². The quantitative estimate of drug-likeness (QED) is 0.749. The molecule has 76 valence electrons. The van der Waals surface area contributed by atoms with E-state index in [0.29, 0.717) is 0 Å². The fourth-order valence-electron chi connectivity index (χ4n) is 1.97. The standard InChI is InChI=1S/C12H17NO/c1-12(2,14)8-9-3-4-11-10(7-9)5-6-13-11/h3-4,7,13-14H,5-6,8H2,1-2H3. The summed E-state index contributed by atoms with van der Waals surface area (Å²) in [5, 5.41) is 13.0. The van der Waals surface area contributed by atoms with Gasteiger partial charge in [0.2, 0.25) is 0 Å². The van der Waals surface area contributed by atoms with Crippen LogP contribution in [0.4, 0.5) is 5.69 Å². The summed E-state index contributed by atoms with van der Waals surface area (Å²) >= 11 is 0. The van der Waals surface area contributed by atoms with E-state index in [1.54, 1.807) is 0 Å². The summed E-state index contributed by atoms with van der Waals surface area (Å²) in [4.78, 5) is 0. The highest BCUT2D eigenvalue weighted by Gasteiger charge is 2.15. The minimum absolute atomic E-state index is 0.611. The van der Waals surface area contributed by atoms with Crippen LogP contribution >= 0.6 is 0 Å². The molecule has 0 spiro atoms. The normalized spacial score (nSPS) is 15.1. The van der Waals surface area contributed by atoms with Crippen LogP contribution in [0.1, 0.15) is 25.0 Å². The van der Waals surface area contributed by atoms with Gasteiger partial charge < -0.3 is 10.4 Å². The van der Waals surface area contributed by atoms with E-state index in [4.69, 9.17) is 0 Å². The monoisotopic (exact) mass is 191 g/mol. The zero-order valence-corrected chi connectivity index (χ0v) is 8.80. The van der Waals surface area contributed by atoms with Crippen molar-refractivity contribution < 1.29 is 5.11 Å². The van der Waals surface area contributed by atoms with Gasteiger partial charge in [-0.05, 0) is 37.5 Å². The lowest BCUT2D eigenvalue weighted by Gasteiger charge is -2.17. The number of aliphatic hydroxyl groups is 1. The van der Waals surface area contributed by atoms with Crippen molar-refractivity contribution in [3.05, 3.63) is 29.3 Å². The van der Waals surface area contributed by atoms with Gasteiger partial charge >= 0.3 is 0 Å². The summed E-state index contributed by atoms with van der Waals surface area (Å²) in [6, 6.07) is 6.41. The molecule has 2 nitrogen and oxygen atoms in total. The fourth-order valence-corrected chi connectivity index (χ4v) is 1.97. The average Bonchev–Trinajstić information content (AvgIpc) is 2.47. The van der Waals surface area contributed by atoms with Gasteiger partial charge in [-0.2, -0.15) is 0 Å². The van der Waals surface area contributed by atoms with E-state index in [-0.39, 0.29) is 0 Å². The van der Waals surface area contributed by atoms with Crippen molar-refractivity contribution >= 4 is 5.69 Å². The number of hydrogen-bond acceptors (Lipinski definition) is 2. The molecule has 1 aromatic rings. The van der Waals surface area contributed by atoms with Crippen LogP contribution in [0.15, 0.2) is 18.2 Å². The summed E-state index contributed by atoms with van der Waals surface area (Å²) in [5.74, 6) is 0. The molecule has 0 saturated heterocycles. The Hall–Kier alpha value is -1.02. The van der Waals surface area contributed by atoms with Crippen molar-refractivity contribution in [1.82, 2.24) is 0 Å². The zero-order valence-electron chi connectivity index (χ0n) is 8.80. The van der Waals surface area contributed by atoms with Gasteiger partial charge in [0.25, 0.3) is 0 Å². The van der Waals surface area contributed by atoms with Crippen molar-refractivity contribution in [3.8, 4) is 0 Å². The SMILES string of the molecule is CC(C)(O)Cc1ccc2c(c1)CCN2. The Morgan fingerprint density at radius 1 is 1.43 bits per heavy atom. The van der Waals surface area contributed by atoms with E-state index in [2.05, 4.69) is 23.5 Å². The molecule has 0 saturated carbocycles. The van der Waals surface area contributed by atoms with E-state index in [1.165, 1.54) is 16.8 Å². The Balaban J connectivity index is 2.21. The predicted octanol–water partition coefficient (Wildman–Crippen LogP) is 1.97. The molecule has 0 radical (unpaired) electrons. The van der Waals surface area contributed by atoms with Crippen LogP contribution < -0.4 is 5.32 Å². The minimum Gasteiger partial charge on any atom is -0.390 e. The highest BCUT2D eigenvalue weighted by atomic mass is 16.3. The number of fused-ring (bicyclic) bond motifs is 1. The Bertz CT molecular complexity index is 339. The molecule has 0 bridgehead atoms. The largest absolute Gasteiger partial charge is 0.390 e. The van der Waals surface area contributed by atoms with Crippen LogP contribution in [0, 0.1) is 0 Å². The van der Waals surface area contributed by atoms with E-state index < -0.39 is 5.60 Å². The summed E-state index contributed by atoms with van der Waals surface area (Å²) in [6.45, 7) is 4.73. The van der Waals surface area contributed by atoms with Crippen LogP contribution in [0.3, 0.4) is 0 Å². The molecular weight excluding hydrogens is 174 g/mol. The average molecular weight is 191 g/mol. The first-order valence-electron chi connectivity index (χ1n) is 5.13. The highest BCUT2D eigenvalue weighted by Crippen LogP contribution is 2.24. The first-order chi connectivity index (χ1) is 6.54. The molecule has 0 unspecified atom stereocenters. The van der Waals surface area contributed by atoms with Crippen LogP contribution in [-0.2, 0) is 12.8 Å². The number of hydrogen-bond donors (Lipinski definition) is 2. The maximum absolute atomic E-state index is 9.70. The second-order valence-corrected chi connectivity index (χ2v) is 4.66. The van der Waals surface area contributed by atoms with E-state index >= 15 is 0 Å². The van der Waals surface area contributed by atoms with E-state index in [9.17, 15) is 5.11 Å². The first-order valence-corrected chi connectivity index (χ1v) is 5.13. The van der Waals surface area contributed by atoms with Gasteiger partial charge in [0.05, 0.1) is 5.60 Å². The van der Waals surface area contributed by atoms with Gasteiger partial charge in [-0.3, -0.25) is 0 Å². The minimum atomic E-state index is -0.611. The molecule has 14 heavy (non-hydrogen) atoms. The van der Waals surface area contributed by atoms with Gasteiger partial charge in [-0.15, -0.1) is 0 Å². The smallest absolute Gasteiger partial charge is 0.0631 e. The molecule has 2 heteroatoms. The van der Waals surface area contributed by atoms with Crippen LogP contribution in [0.25, 0.3) is 0 Å². The summed E-state index contributed by atoms with van der Waals surface area (Å²) in [5.41, 5.74) is 3.25. The molecule has 0 amide bonds. The second-order valence-electron chi connectivity index (χ2n) is 4.66. The van der Waals surface area contributed by atoms with Crippen molar-refractivity contribution in [2.45, 2.75) is 32.3 Å². The molecule has 0 atom stereocenters. The molecule has 1 heterocycles. The van der Waals surface area contributed by atoms with Gasteiger partial charge in [0, 0.05) is 18.7 Å². The highest BCUT2D eigenvalue weighted by molar-refractivity contribution is 5.56. The maximum Gasteiger partial charge on any atom is 0.0631 e. The lowest BCUT2D eigenvalue weighted by Crippen LogP contribution is -2.21. The van der Waals surface area contributed by atoms with E-state index in [0.717, 1.165) is 19.4 Å². The molecule has 1 aliphatic heterocycles. The lowest BCUT2D eigenvalue weighted by molar-refractivity contribution is 0.0810.